The molecular weight excluding hydrogens is 367 g/mol. The van der Waals surface area contributed by atoms with Gasteiger partial charge in [-0.15, -0.1) is 11.3 Å². The van der Waals surface area contributed by atoms with Crippen molar-refractivity contribution in [3.8, 4) is 0 Å². The van der Waals surface area contributed by atoms with Crippen LogP contribution in [-0.4, -0.2) is 31.2 Å². The third-order valence-electron chi connectivity index (χ3n) is 3.53. The largest absolute Gasteiger partial charge is 0.405 e. The molecular formula is C17H19F3N3O2S+. The van der Waals surface area contributed by atoms with Crippen molar-refractivity contribution in [3.05, 3.63) is 57.8 Å². The van der Waals surface area contributed by atoms with Crippen LogP contribution in [0.4, 0.5) is 18.0 Å². The number of rotatable bonds is 6. The first-order chi connectivity index (χ1) is 12.2. The van der Waals surface area contributed by atoms with Gasteiger partial charge in [0.05, 0.1) is 4.88 Å². The Hall–Kier alpha value is -2.39. The first-order valence-corrected chi connectivity index (χ1v) is 8.70. The second-order valence-corrected chi connectivity index (χ2v) is 6.67. The number of urea groups is 1. The SMILES string of the molecule is Cc1ccc([C@H]([NH2+]CC(=O)NC(=O)NCC(F)(F)F)c2cccs2)cc1. The van der Waals surface area contributed by atoms with Crippen LogP contribution in [0.2, 0.25) is 0 Å². The van der Waals surface area contributed by atoms with E-state index in [0.717, 1.165) is 16.0 Å². The minimum absolute atomic E-state index is 0.101. The van der Waals surface area contributed by atoms with Crippen LogP contribution in [0.3, 0.4) is 0 Å². The number of halogens is 3. The fraction of sp³-hybridized carbons (Fsp3) is 0.294. The van der Waals surface area contributed by atoms with Crippen LogP contribution >= 0.6 is 11.3 Å². The van der Waals surface area contributed by atoms with Crippen molar-refractivity contribution in [2.45, 2.75) is 19.1 Å². The number of hydrogen-bond donors (Lipinski definition) is 3. The molecule has 1 aromatic carbocycles. The number of hydrogen-bond acceptors (Lipinski definition) is 3. The van der Waals surface area contributed by atoms with Gasteiger partial charge < -0.3 is 10.6 Å². The van der Waals surface area contributed by atoms with Gasteiger partial charge in [0.1, 0.15) is 12.6 Å². The molecule has 26 heavy (non-hydrogen) atoms. The summed E-state index contributed by atoms with van der Waals surface area (Å²) in [6, 6.07) is 10.4. The number of carbonyl (C=O) groups excluding carboxylic acids is 2. The Morgan fingerprint density at radius 3 is 2.46 bits per heavy atom. The number of carbonyl (C=O) groups is 2. The van der Waals surface area contributed by atoms with E-state index in [9.17, 15) is 22.8 Å². The van der Waals surface area contributed by atoms with Crippen LogP contribution in [0.15, 0.2) is 41.8 Å². The summed E-state index contributed by atoms with van der Waals surface area (Å²) in [5.74, 6) is -0.668. The van der Waals surface area contributed by atoms with Crippen molar-refractivity contribution in [1.29, 1.82) is 0 Å². The van der Waals surface area contributed by atoms with Crippen molar-refractivity contribution in [3.63, 3.8) is 0 Å². The Kier molecular flexibility index (Phi) is 6.76. The highest BCUT2D eigenvalue weighted by Gasteiger charge is 2.28. The number of amides is 3. The zero-order chi connectivity index (χ0) is 19.2. The molecule has 0 saturated heterocycles. The molecule has 140 valence electrons. The molecule has 1 atom stereocenters. The van der Waals surface area contributed by atoms with Gasteiger partial charge >= 0.3 is 12.2 Å². The predicted octanol–water partition coefficient (Wildman–Crippen LogP) is 2.10. The molecule has 4 N–H and O–H groups in total. The molecule has 2 rings (SSSR count). The standard InChI is InChI=1S/C17H18F3N3O2S/c1-11-4-6-12(7-5-11)15(13-3-2-8-26-13)21-9-14(24)23-16(25)22-10-17(18,19)20/h2-8,15,21H,9-10H2,1H3,(H2,22,23,24,25)/p+1/t15-/m0/s1. The molecule has 0 spiro atoms. The Morgan fingerprint density at radius 1 is 1.19 bits per heavy atom. The fourth-order valence-electron chi connectivity index (χ4n) is 2.29. The van der Waals surface area contributed by atoms with E-state index in [4.69, 9.17) is 0 Å². The van der Waals surface area contributed by atoms with Crippen LogP contribution < -0.4 is 16.0 Å². The maximum atomic E-state index is 12.0. The predicted molar refractivity (Wildman–Crippen MR) is 91.7 cm³/mol. The summed E-state index contributed by atoms with van der Waals surface area (Å²) in [7, 11) is 0. The highest BCUT2D eigenvalue weighted by molar-refractivity contribution is 7.10. The Morgan fingerprint density at radius 2 is 1.88 bits per heavy atom. The zero-order valence-corrected chi connectivity index (χ0v) is 14.8. The number of thiophene rings is 1. The Bertz CT molecular complexity index is 731. The monoisotopic (exact) mass is 386 g/mol. The van der Waals surface area contributed by atoms with Crippen molar-refractivity contribution < 1.29 is 28.1 Å². The van der Waals surface area contributed by atoms with Gasteiger partial charge in [0.15, 0.2) is 6.54 Å². The molecule has 0 radical (unpaired) electrons. The van der Waals surface area contributed by atoms with Crippen molar-refractivity contribution in [2.24, 2.45) is 0 Å². The summed E-state index contributed by atoms with van der Waals surface area (Å²) in [4.78, 5) is 24.2. The van der Waals surface area contributed by atoms with E-state index >= 15 is 0 Å². The summed E-state index contributed by atoms with van der Waals surface area (Å²) >= 11 is 1.54. The Balaban J connectivity index is 1.94. The van der Waals surface area contributed by atoms with E-state index in [0.29, 0.717) is 0 Å². The van der Waals surface area contributed by atoms with Gasteiger partial charge in [0.25, 0.3) is 5.91 Å². The second-order valence-electron chi connectivity index (χ2n) is 5.69. The highest BCUT2D eigenvalue weighted by atomic mass is 32.1. The average Bonchev–Trinajstić information content (AvgIpc) is 3.08. The minimum atomic E-state index is -4.53. The third kappa shape index (κ3) is 6.49. The molecule has 0 saturated carbocycles. The Labute approximate surface area is 152 Å². The van der Waals surface area contributed by atoms with Gasteiger partial charge in [-0.1, -0.05) is 35.9 Å². The number of benzene rings is 1. The zero-order valence-electron chi connectivity index (χ0n) is 14.0. The number of aryl methyl sites for hydroxylation is 1. The summed E-state index contributed by atoms with van der Waals surface area (Å²) in [6.07, 6.45) is -4.53. The molecule has 0 unspecified atom stereocenters. The van der Waals surface area contributed by atoms with Crippen LogP contribution in [0, 0.1) is 6.92 Å². The highest BCUT2D eigenvalue weighted by Crippen LogP contribution is 2.22. The van der Waals surface area contributed by atoms with E-state index in [-0.39, 0.29) is 12.6 Å². The van der Waals surface area contributed by atoms with Gasteiger partial charge in [-0.05, 0) is 18.4 Å². The molecule has 0 bridgehead atoms. The minimum Gasteiger partial charge on any atom is -0.329 e. The number of alkyl halides is 3. The lowest BCUT2D eigenvalue weighted by atomic mass is 10.0. The lowest BCUT2D eigenvalue weighted by molar-refractivity contribution is -0.676. The van der Waals surface area contributed by atoms with Gasteiger partial charge in [-0.25, -0.2) is 4.79 Å². The topological polar surface area (TPSA) is 74.8 Å². The second kappa shape index (κ2) is 8.81. The van der Waals surface area contributed by atoms with Crippen molar-refractivity contribution in [1.82, 2.24) is 10.6 Å². The fourth-order valence-corrected chi connectivity index (χ4v) is 3.14. The lowest BCUT2D eigenvalue weighted by Gasteiger charge is -2.15. The lowest BCUT2D eigenvalue weighted by Crippen LogP contribution is -2.87. The molecule has 0 aliphatic carbocycles. The summed E-state index contributed by atoms with van der Waals surface area (Å²) in [6.45, 7) is 0.382. The summed E-state index contributed by atoms with van der Waals surface area (Å²) in [5.41, 5.74) is 2.10. The van der Waals surface area contributed by atoms with Gasteiger partial charge in [-0.2, -0.15) is 13.2 Å². The maximum Gasteiger partial charge on any atom is 0.405 e. The molecule has 5 nitrogen and oxygen atoms in total. The number of quaternary nitrogens is 1. The molecule has 1 heterocycles. The van der Waals surface area contributed by atoms with Crippen LogP contribution in [0.1, 0.15) is 22.0 Å². The molecule has 0 aliphatic rings. The van der Waals surface area contributed by atoms with E-state index in [1.165, 1.54) is 11.3 Å². The van der Waals surface area contributed by atoms with E-state index in [2.05, 4.69) is 0 Å². The number of imide groups is 1. The van der Waals surface area contributed by atoms with Gasteiger partial charge in [-0.3, -0.25) is 10.1 Å². The van der Waals surface area contributed by atoms with Gasteiger partial charge in [0.2, 0.25) is 0 Å². The molecule has 0 fully saturated rings. The summed E-state index contributed by atoms with van der Waals surface area (Å²) < 4.78 is 36.1. The van der Waals surface area contributed by atoms with Gasteiger partial charge in [0, 0.05) is 5.56 Å². The van der Waals surface area contributed by atoms with Crippen molar-refractivity contribution >= 4 is 23.3 Å². The molecule has 2 aromatic rings. The first kappa shape index (κ1) is 19.9. The molecule has 0 aliphatic heterocycles. The number of nitrogens with two attached hydrogens (primary N) is 1. The van der Waals surface area contributed by atoms with Crippen LogP contribution in [-0.2, 0) is 4.79 Å². The maximum absolute atomic E-state index is 12.0. The van der Waals surface area contributed by atoms with E-state index in [1.54, 1.807) is 10.6 Å². The molecule has 1 aromatic heterocycles. The number of nitrogens with one attached hydrogen (secondary N) is 2. The molecule has 9 heteroatoms. The third-order valence-corrected chi connectivity index (χ3v) is 4.48. The van der Waals surface area contributed by atoms with Crippen LogP contribution in [0.25, 0.3) is 0 Å². The smallest absolute Gasteiger partial charge is 0.329 e. The molecule has 3 amide bonds. The van der Waals surface area contributed by atoms with E-state index in [1.807, 2.05) is 54.0 Å². The van der Waals surface area contributed by atoms with Crippen molar-refractivity contribution in [2.75, 3.05) is 13.1 Å². The summed E-state index contributed by atoms with van der Waals surface area (Å²) in [5, 5.41) is 7.16. The quantitative estimate of drug-likeness (QED) is 0.711. The normalized spacial score (nSPS) is 12.5. The van der Waals surface area contributed by atoms with E-state index < -0.39 is 24.7 Å². The first-order valence-electron chi connectivity index (χ1n) is 7.82. The average molecular weight is 386 g/mol. The van der Waals surface area contributed by atoms with Crippen LogP contribution in [0.5, 0.6) is 0 Å².